The highest BCUT2D eigenvalue weighted by atomic mass is 79.9. The van der Waals surface area contributed by atoms with Crippen molar-refractivity contribution in [2.45, 2.75) is 19.8 Å². The molecule has 16 heavy (non-hydrogen) atoms. The number of hydrogen-bond donors (Lipinski definition) is 1. The fraction of sp³-hybridized carbons (Fsp3) is 0.583. The molecule has 1 aromatic heterocycles. The standard InChI is InChI=1S/C12H20BrN3/c1-10-6-8-15-12(11(10)13)14-7-4-5-9-16(2)3/h6,8H,4-5,7,9H2,1-3H3,(H,14,15). The van der Waals surface area contributed by atoms with Crippen molar-refractivity contribution in [1.82, 2.24) is 9.88 Å². The molecule has 0 aliphatic carbocycles. The summed E-state index contributed by atoms with van der Waals surface area (Å²) in [5, 5.41) is 3.35. The largest absolute Gasteiger partial charge is 0.369 e. The van der Waals surface area contributed by atoms with Gasteiger partial charge < -0.3 is 10.2 Å². The molecule has 1 aromatic rings. The van der Waals surface area contributed by atoms with E-state index < -0.39 is 0 Å². The van der Waals surface area contributed by atoms with Crippen molar-refractivity contribution >= 4 is 21.7 Å². The summed E-state index contributed by atoms with van der Waals surface area (Å²) in [6.45, 7) is 4.19. The van der Waals surface area contributed by atoms with Crippen LogP contribution in [-0.2, 0) is 0 Å². The molecule has 0 aromatic carbocycles. The lowest BCUT2D eigenvalue weighted by Crippen LogP contribution is -2.14. The van der Waals surface area contributed by atoms with Gasteiger partial charge in [0.1, 0.15) is 5.82 Å². The zero-order valence-electron chi connectivity index (χ0n) is 10.3. The number of hydrogen-bond acceptors (Lipinski definition) is 3. The first-order valence-electron chi connectivity index (χ1n) is 5.61. The summed E-state index contributed by atoms with van der Waals surface area (Å²) in [6, 6.07) is 2.00. The number of pyridine rings is 1. The van der Waals surface area contributed by atoms with Crippen molar-refractivity contribution in [2.24, 2.45) is 0 Å². The predicted molar refractivity (Wildman–Crippen MR) is 73.0 cm³/mol. The van der Waals surface area contributed by atoms with E-state index in [1.807, 2.05) is 12.3 Å². The summed E-state index contributed by atoms with van der Waals surface area (Å²) in [5.41, 5.74) is 1.21. The first-order chi connectivity index (χ1) is 7.61. The molecule has 0 unspecified atom stereocenters. The van der Waals surface area contributed by atoms with Gasteiger partial charge in [-0.25, -0.2) is 4.98 Å². The minimum atomic E-state index is 0.949. The van der Waals surface area contributed by atoms with Crippen molar-refractivity contribution in [3.63, 3.8) is 0 Å². The average Bonchev–Trinajstić information content (AvgIpc) is 2.23. The number of unbranched alkanes of at least 4 members (excludes halogenated alkanes) is 1. The smallest absolute Gasteiger partial charge is 0.140 e. The SMILES string of the molecule is Cc1ccnc(NCCCCN(C)C)c1Br. The molecule has 1 N–H and O–H groups in total. The predicted octanol–water partition coefficient (Wildman–Crippen LogP) is 2.91. The van der Waals surface area contributed by atoms with E-state index in [0.717, 1.165) is 23.4 Å². The van der Waals surface area contributed by atoms with Gasteiger partial charge in [0.25, 0.3) is 0 Å². The van der Waals surface area contributed by atoms with E-state index in [1.165, 1.54) is 18.4 Å². The molecule has 0 saturated heterocycles. The molecule has 90 valence electrons. The van der Waals surface area contributed by atoms with Crippen LogP contribution in [0.15, 0.2) is 16.7 Å². The molecule has 0 radical (unpaired) electrons. The number of halogens is 1. The van der Waals surface area contributed by atoms with Crippen molar-refractivity contribution in [2.75, 3.05) is 32.5 Å². The summed E-state index contributed by atoms with van der Waals surface area (Å²) in [4.78, 5) is 6.51. The van der Waals surface area contributed by atoms with Gasteiger partial charge in [-0.2, -0.15) is 0 Å². The number of aryl methyl sites for hydroxylation is 1. The number of nitrogens with one attached hydrogen (secondary N) is 1. The maximum atomic E-state index is 4.30. The van der Waals surface area contributed by atoms with Crippen molar-refractivity contribution in [1.29, 1.82) is 0 Å². The molecule has 1 heterocycles. The molecule has 0 aliphatic heterocycles. The van der Waals surface area contributed by atoms with Crippen LogP contribution in [-0.4, -0.2) is 37.1 Å². The molecule has 0 bridgehead atoms. The second kappa shape index (κ2) is 6.86. The van der Waals surface area contributed by atoms with Crippen LogP contribution in [0.1, 0.15) is 18.4 Å². The molecule has 0 spiro atoms. The second-order valence-corrected chi connectivity index (χ2v) is 5.02. The molecule has 0 amide bonds. The summed E-state index contributed by atoms with van der Waals surface area (Å²) in [5.74, 6) is 0.949. The molecule has 0 aliphatic rings. The molecule has 0 saturated carbocycles. The van der Waals surface area contributed by atoms with E-state index >= 15 is 0 Å². The van der Waals surface area contributed by atoms with Crippen LogP contribution >= 0.6 is 15.9 Å². The van der Waals surface area contributed by atoms with Gasteiger partial charge in [-0.3, -0.25) is 0 Å². The lowest BCUT2D eigenvalue weighted by Gasteiger charge is -2.11. The van der Waals surface area contributed by atoms with Crippen LogP contribution in [0.5, 0.6) is 0 Å². The van der Waals surface area contributed by atoms with Crippen LogP contribution in [0.25, 0.3) is 0 Å². The lowest BCUT2D eigenvalue weighted by atomic mass is 10.3. The molecule has 3 nitrogen and oxygen atoms in total. The summed E-state index contributed by atoms with van der Waals surface area (Å²) >= 11 is 3.54. The van der Waals surface area contributed by atoms with Crippen LogP contribution in [0.3, 0.4) is 0 Å². The second-order valence-electron chi connectivity index (χ2n) is 4.23. The number of nitrogens with zero attached hydrogens (tertiary/aromatic N) is 2. The maximum absolute atomic E-state index is 4.30. The molecule has 4 heteroatoms. The Morgan fingerprint density at radius 2 is 2.12 bits per heavy atom. The Bertz CT molecular complexity index is 326. The zero-order valence-corrected chi connectivity index (χ0v) is 11.8. The molecule has 0 atom stereocenters. The third-order valence-electron chi connectivity index (χ3n) is 2.41. The average molecular weight is 286 g/mol. The van der Waals surface area contributed by atoms with E-state index in [9.17, 15) is 0 Å². The minimum absolute atomic E-state index is 0.949. The topological polar surface area (TPSA) is 28.2 Å². The Balaban J connectivity index is 2.29. The summed E-state index contributed by atoms with van der Waals surface area (Å²) in [7, 11) is 4.21. The maximum Gasteiger partial charge on any atom is 0.140 e. The van der Waals surface area contributed by atoms with Crippen LogP contribution in [0, 0.1) is 6.92 Å². The van der Waals surface area contributed by atoms with E-state index in [4.69, 9.17) is 0 Å². The number of rotatable bonds is 6. The lowest BCUT2D eigenvalue weighted by molar-refractivity contribution is 0.396. The highest BCUT2D eigenvalue weighted by Crippen LogP contribution is 2.22. The first-order valence-corrected chi connectivity index (χ1v) is 6.40. The molecule has 1 rings (SSSR count). The zero-order chi connectivity index (χ0) is 12.0. The van der Waals surface area contributed by atoms with E-state index in [1.54, 1.807) is 0 Å². The van der Waals surface area contributed by atoms with Crippen LogP contribution in [0.4, 0.5) is 5.82 Å². The van der Waals surface area contributed by atoms with Gasteiger partial charge in [0.05, 0.1) is 4.47 Å². The van der Waals surface area contributed by atoms with Gasteiger partial charge in [-0.15, -0.1) is 0 Å². The van der Waals surface area contributed by atoms with Crippen molar-refractivity contribution in [3.05, 3.63) is 22.3 Å². The summed E-state index contributed by atoms with van der Waals surface area (Å²) < 4.78 is 1.07. The fourth-order valence-corrected chi connectivity index (χ4v) is 1.80. The van der Waals surface area contributed by atoms with Crippen molar-refractivity contribution < 1.29 is 0 Å². The highest BCUT2D eigenvalue weighted by Gasteiger charge is 2.02. The van der Waals surface area contributed by atoms with Gasteiger partial charge in [0, 0.05) is 12.7 Å². The van der Waals surface area contributed by atoms with Gasteiger partial charge >= 0.3 is 0 Å². The van der Waals surface area contributed by atoms with Crippen LogP contribution in [0.2, 0.25) is 0 Å². The Labute approximate surface area is 106 Å². The van der Waals surface area contributed by atoms with E-state index in [0.29, 0.717) is 0 Å². The van der Waals surface area contributed by atoms with E-state index in [-0.39, 0.29) is 0 Å². The van der Waals surface area contributed by atoms with Crippen LogP contribution < -0.4 is 5.32 Å². The van der Waals surface area contributed by atoms with Gasteiger partial charge in [0.2, 0.25) is 0 Å². The quantitative estimate of drug-likeness (QED) is 0.815. The third-order valence-corrected chi connectivity index (χ3v) is 3.41. The van der Waals surface area contributed by atoms with E-state index in [2.05, 4.69) is 52.1 Å². The Morgan fingerprint density at radius 3 is 2.81 bits per heavy atom. The molecular formula is C12H20BrN3. The van der Waals surface area contributed by atoms with Gasteiger partial charge in [-0.05, 0) is 68.0 Å². The third kappa shape index (κ3) is 4.49. The minimum Gasteiger partial charge on any atom is -0.369 e. The highest BCUT2D eigenvalue weighted by molar-refractivity contribution is 9.10. The normalized spacial score (nSPS) is 10.8. The summed E-state index contributed by atoms with van der Waals surface area (Å²) in [6.07, 6.45) is 4.21. The molecule has 0 fully saturated rings. The number of anilines is 1. The number of aromatic nitrogens is 1. The van der Waals surface area contributed by atoms with Gasteiger partial charge in [-0.1, -0.05) is 0 Å². The Kier molecular flexibility index (Phi) is 5.77. The molecular weight excluding hydrogens is 266 g/mol. The van der Waals surface area contributed by atoms with Gasteiger partial charge in [0.15, 0.2) is 0 Å². The fourth-order valence-electron chi connectivity index (χ4n) is 1.42. The first kappa shape index (κ1) is 13.5. The van der Waals surface area contributed by atoms with Crippen molar-refractivity contribution in [3.8, 4) is 0 Å². The monoisotopic (exact) mass is 285 g/mol. The Morgan fingerprint density at radius 1 is 1.38 bits per heavy atom. The Hall–Kier alpha value is -0.610.